The van der Waals surface area contributed by atoms with E-state index in [0.717, 1.165) is 34.9 Å². The van der Waals surface area contributed by atoms with Crippen LogP contribution in [-0.4, -0.2) is 16.1 Å². The van der Waals surface area contributed by atoms with Crippen LogP contribution in [0.2, 0.25) is 0 Å². The Balaban J connectivity index is 1.84. The van der Waals surface area contributed by atoms with Gasteiger partial charge in [-0.1, -0.05) is 36.8 Å². The van der Waals surface area contributed by atoms with Crippen molar-refractivity contribution in [1.29, 1.82) is 0 Å². The number of hydrogen-bond acceptors (Lipinski definition) is 3. The van der Waals surface area contributed by atoms with E-state index in [-0.39, 0.29) is 5.56 Å². The molecule has 4 aromatic rings. The number of furan rings is 1. The van der Waals surface area contributed by atoms with E-state index in [1.54, 1.807) is 0 Å². The standard InChI is InChI=1S/C22H17NO4/c24-21-16(22(25)26)10-14-8-9-15(12-5-3-6-12)19(20(14)23-21)18-11-13-4-1-2-7-17(13)27-18/h1-2,4,7-12H,3,5-6H2,(H,23,24)(H,25,26). The Kier molecular flexibility index (Phi) is 3.44. The van der Waals surface area contributed by atoms with Gasteiger partial charge in [-0.15, -0.1) is 0 Å². The van der Waals surface area contributed by atoms with E-state index in [1.165, 1.54) is 12.5 Å². The van der Waals surface area contributed by atoms with Crippen LogP contribution in [0.5, 0.6) is 0 Å². The third-order valence-corrected chi connectivity index (χ3v) is 5.50. The van der Waals surface area contributed by atoms with Gasteiger partial charge in [0.15, 0.2) is 0 Å². The number of para-hydroxylation sites is 1. The van der Waals surface area contributed by atoms with E-state index < -0.39 is 11.5 Å². The van der Waals surface area contributed by atoms with Crippen LogP contribution < -0.4 is 5.56 Å². The number of aromatic carboxylic acids is 1. The Bertz CT molecular complexity index is 1230. The first-order valence-electron chi connectivity index (χ1n) is 9.04. The summed E-state index contributed by atoms with van der Waals surface area (Å²) < 4.78 is 6.10. The molecule has 0 unspecified atom stereocenters. The Hall–Kier alpha value is -3.34. The van der Waals surface area contributed by atoms with Gasteiger partial charge in [0, 0.05) is 10.9 Å². The van der Waals surface area contributed by atoms with Gasteiger partial charge in [0.1, 0.15) is 16.9 Å². The van der Waals surface area contributed by atoms with Crippen LogP contribution in [0.15, 0.2) is 57.7 Å². The highest BCUT2D eigenvalue weighted by Crippen LogP contribution is 2.44. The summed E-state index contributed by atoms with van der Waals surface area (Å²) in [5, 5.41) is 10.9. The van der Waals surface area contributed by atoms with Crippen LogP contribution in [-0.2, 0) is 0 Å². The van der Waals surface area contributed by atoms with Gasteiger partial charge >= 0.3 is 5.97 Å². The summed E-state index contributed by atoms with van der Waals surface area (Å²) >= 11 is 0. The lowest BCUT2D eigenvalue weighted by atomic mass is 9.77. The molecule has 2 aromatic carbocycles. The molecule has 0 atom stereocenters. The molecule has 0 spiro atoms. The van der Waals surface area contributed by atoms with Crippen molar-refractivity contribution in [3.63, 3.8) is 0 Å². The highest BCUT2D eigenvalue weighted by Gasteiger charge is 2.26. The number of nitrogens with one attached hydrogen (secondary N) is 1. The van der Waals surface area contributed by atoms with Gasteiger partial charge in [-0.25, -0.2) is 4.79 Å². The molecule has 0 radical (unpaired) electrons. The van der Waals surface area contributed by atoms with Gasteiger partial charge in [-0.2, -0.15) is 0 Å². The van der Waals surface area contributed by atoms with Crippen molar-refractivity contribution < 1.29 is 14.3 Å². The largest absolute Gasteiger partial charge is 0.477 e. The third-order valence-electron chi connectivity index (χ3n) is 5.50. The van der Waals surface area contributed by atoms with Crippen LogP contribution >= 0.6 is 0 Å². The van der Waals surface area contributed by atoms with Crippen molar-refractivity contribution >= 4 is 27.8 Å². The number of benzene rings is 2. The molecule has 5 rings (SSSR count). The van der Waals surface area contributed by atoms with Crippen molar-refractivity contribution in [3.05, 3.63) is 70.0 Å². The first kappa shape index (κ1) is 15.9. The summed E-state index contributed by atoms with van der Waals surface area (Å²) in [5.41, 5.74) is 2.57. The number of carboxylic acids is 1. The van der Waals surface area contributed by atoms with E-state index in [0.29, 0.717) is 22.6 Å². The van der Waals surface area contributed by atoms with E-state index >= 15 is 0 Å². The van der Waals surface area contributed by atoms with Gasteiger partial charge < -0.3 is 14.5 Å². The topological polar surface area (TPSA) is 83.3 Å². The van der Waals surface area contributed by atoms with Crippen LogP contribution in [0, 0.1) is 0 Å². The number of pyridine rings is 1. The fourth-order valence-electron chi connectivity index (χ4n) is 3.88. The zero-order valence-electron chi connectivity index (χ0n) is 14.5. The van der Waals surface area contributed by atoms with Crippen molar-refractivity contribution in [2.24, 2.45) is 0 Å². The molecular weight excluding hydrogens is 342 g/mol. The van der Waals surface area contributed by atoms with E-state index in [9.17, 15) is 14.7 Å². The highest BCUT2D eigenvalue weighted by atomic mass is 16.4. The molecule has 27 heavy (non-hydrogen) atoms. The highest BCUT2D eigenvalue weighted by molar-refractivity contribution is 5.99. The number of aromatic nitrogens is 1. The molecule has 0 aliphatic heterocycles. The summed E-state index contributed by atoms with van der Waals surface area (Å²) in [6.45, 7) is 0. The van der Waals surface area contributed by atoms with Crippen molar-refractivity contribution in [2.45, 2.75) is 25.2 Å². The zero-order valence-corrected chi connectivity index (χ0v) is 14.5. The number of H-pyrrole nitrogens is 1. The average Bonchev–Trinajstić information content (AvgIpc) is 3.02. The molecule has 134 valence electrons. The smallest absolute Gasteiger partial charge is 0.341 e. The molecule has 2 heterocycles. The molecule has 1 aliphatic rings. The predicted octanol–water partition coefficient (Wildman–Crippen LogP) is 4.91. The lowest BCUT2D eigenvalue weighted by Crippen LogP contribution is -2.18. The fourth-order valence-corrected chi connectivity index (χ4v) is 3.88. The summed E-state index contributed by atoms with van der Waals surface area (Å²) in [7, 11) is 0. The minimum Gasteiger partial charge on any atom is -0.477 e. The summed E-state index contributed by atoms with van der Waals surface area (Å²) in [4.78, 5) is 26.5. The second-order valence-corrected chi connectivity index (χ2v) is 7.09. The molecule has 1 aliphatic carbocycles. The first-order valence-corrected chi connectivity index (χ1v) is 9.04. The van der Waals surface area contributed by atoms with Gasteiger partial charge in [0.05, 0.1) is 5.52 Å². The van der Waals surface area contributed by atoms with E-state index in [4.69, 9.17) is 4.42 Å². The number of carbonyl (C=O) groups is 1. The second kappa shape index (κ2) is 5.84. The predicted molar refractivity (Wildman–Crippen MR) is 103 cm³/mol. The number of aromatic amines is 1. The van der Waals surface area contributed by atoms with Gasteiger partial charge in [0.2, 0.25) is 0 Å². The average molecular weight is 359 g/mol. The monoisotopic (exact) mass is 359 g/mol. The Labute approximate surface area is 154 Å². The third kappa shape index (κ3) is 2.46. The number of rotatable bonds is 3. The molecule has 0 saturated heterocycles. The van der Waals surface area contributed by atoms with Gasteiger partial charge in [-0.05, 0) is 47.9 Å². The lowest BCUT2D eigenvalue weighted by molar-refractivity contribution is 0.0695. The van der Waals surface area contributed by atoms with E-state index in [2.05, 4.69) is 4.98 Å². The Morgan fingerprint density at radius 2 is 1.89 bits per heavy atom. The quantitative estimate of drug-likeness (QED) is 0.544. The Morgan fingerprint density at radius 3 is 2.59 bits per heavy atom. The maximum absolute atomic E-state index is 12.3. The molecule has 5 nitrogen and oxygen atoms in total. The summed E-state index contributed by atoms with van der Waals surface area (Å²) in [6.07, 6.45) is 3.41. The zero-order chi connectivity index (χ0) is 18.5. The number of carboxylic acid groups (broad SMARTS) is 1. The molecule has 1 saturated carbocycles. The normalized spacial score (nSPS) is 14.5. The van der Waals surface area contributed by atoms with Crippen molar-refractivity contribution in [3.8, 4) is 11.3 Å². The van der Waals surface area contributed by atoms with Gasteiger partial charge in [-0.3, -0.25) is 4.79 Å². The summed E-state index contributed by atoms with van der Waals surface area (Å²) in [6, 6.07) is 15.1. The molecule has 2 N–H and O–H groups in total. The minimum atomic E-state index is -1.23. The fraction of sp³-hybridized carbons (Fsp3) is 0.182. The second-order valence-electron chi connectivity index (χ2n) is 7.09. The number of fused-ring (bicyclic) bond motifs is 2. The van der Waals surface area contributed by atoms with Gasteiger partial charge in [0.25, 0.3) is 5.56 Å². The van der Waals surface area contributed by atoms with Crippen molar-refractivity contribution in [1.82, 2.24) is 4.98 Å². The molecule has 2 aromatic heterocycles. The molecule has 0 bridgehead atoms. The SMILES string of the molecule is O=C(O)c1cc2ccc(C3CCC3)c(-c3cc4ccccc4o3)c2[nH]c1=O. The maximum Gasteiger partial charge on any atom is 0.341 e. The van der Waals surface area contributed by atoms with Crippen LogP contribution in [0.4, 0.5) is 0 Å². The van der Waals surface area contributed by atoms with E-state index in [1.807, 2.05) is 42.5 Å². The Morgan fingerprint density at radius 1 is 1.07 bits per heavy atom. The molecule has 1 fully saturated rings. The van der Waals surface area contributed by atoms with Crippen molar-refractivity contribution in [2.75, 3.05) is 0 Å². The molecular formula is C22H17NO4. The van der Waals surface area contributed by atoms with Crippen LogP contribution in [0.1, 0.15) is 41.1 Å². The van der Waals surface area contributed by atoms with Crippen LogP contribution in [0.25, 0.3) is 33.2 Å². The van der Waals surface area contributed by atoms with Crippen LogP contribution in [0.3, 0.4) is 0 Å². The molecule has 0 amide bonds. The summed E-state index contributed by atoms with van der Waals surface area (Å²) in [5.74, 6) is -0.103. The maximum atomic E-state index is 12.3. The number of hydrogen-bond donors (Lipinski definition) is 2. The minimum absolute atomic E-state index is 0.255. The first-order chi connectivity index (χ1) is 13.1. The lowest BCUT2D eigenvalue weighted by Gasteiger charge is -2.28. The molecule has 5 heteroatoms.